The first kappa shape index (κ1) is 24.1. The summed E-state index contributed by atoms with van der Waals surface area (Å²) >= 11 is 0. The summed E-state index contributed by atoms with van der Waals surface area (Å²) in [5.41, 5.74) is -0.344. The van der Waals surface area contributed by atoms with Crippen molar-refractivity contribution in [3.05, 3.63) is 0 Å². The Kier molecular flexibility index (Phi) is 8.53. The first-order valence-electron chi connectivity index (χ1n) is 11.5. The molecule has 0 unspecified atom stereocenters. The molecule has 2 heterocycles. The van der Waals surface area contributed by atoms with Gasteiger partial charge in [0, 0.05) is 19.6 Å². The first-order chi connectivity index (χ1) is 13.5. The summed E-state index contributed by atoms with van der Waals surface area (Å²) in [6, 6.07) is -0.493. The first-order valence-corrected chi connectivity index (χ1v) is 11.5. The van der Waals surface area contributed by atoms with Crippen LogP contribution in [-0.4, -0.2) is 84.9 Å². The van der Waals surface area contributed by atoms with Gasteiger partial charge in [-0.3, -0.25) is 14.5 Å². The second kappa shape index (κ2) is 10.3. The van der Waals surface area contributed by atoms with Crippen molar-refractivity contribution in [2.24, 2.45) is 11.3 Å². The van der Waals surface area contributed by atoms with Crippen molar-refractivity contribution in [3.8, 4) is 0 Å². The van der Waals surface area contributed by atoms with Gasteiger partial charge in [0.05, 0.1) is 6.04 Å². The minimum atomic E-state index is -0.518. The Bertz CT molecular complexity index is 552. The van der Waals surface area contributed by atoms with E-state index >= 15 is 0 Å². The SMILES string of the molecule is CC(C)[C@@H](CN1CCCC1)N(C)C(=O)[C@@H](NC(=O)[C@H]1CCCCN1C)C(C)(C)C. The summed E-state index contributed by atoms with van der Waals surface area (Å²) in [7, 11) is 3.93. The number of piperidine rings is 1. The van der Waals surface area contributed by atoms with Crippen LogP contribution in [0.1, 0.15) is 66.7 Å². The Morgan fingerprint density at radius 2 is 1.66 bits per heavy atom. The number of nitrogens with one attached hydrogen (secondary N) is 1. The van der Waals surface area contributed by atoms with Gasteiger partial charge in [-0.2, -0.15) is 0 Å². The zero-order chi connectivity index (χ0) is 21.8. The number of carbonyl (C=O) groups excluding carboxylic acids is 2. The van der Waals surface area contributed by atoms with Gasteiger partial charge < -0.3 is 15.1 Å². The lowest BCUT2D eigenvalue weighted by Gasteiger charge is -2.40. The van der Waals surface area contributed by atoms with E-state index in [1.807, 2.05) is 39.8 Å². The van der Waals surface area contributed by atoms with Crippen molar-refractivity contribution >= 4 is 11.8 Å². The Hall–Kier alpha value is -1.14. The van der Waals surface area contributed by atoms with Crippen molar-refractivity contribution in [1.29, 1.82) is 0 Å². The third kappa shape index (κ3) is 6.42. The van der Waals surface area contributed by atoms with E-state index in [0.717, 1.165) is 45.4 Å². The highest BCUT2D eigenvalue weighted by Crippen LogP contribution is 2.25. The molecule has 6 nitrogen and oxygen atoms in total. The van der Waals surface area contributed by atoms with E-state index in [4.69, 9.17) is 0 Å². The highest BCUT2D eigenvalue weighted by Gasteiger charge is 2.39. The van der Waals surface area contributed by atoms with E-state index in [-0.39, 0.29) is 29.3 Å². The van der Waals surface area contributed by atoms with Crippen LogP contribution in [0.25, 0.3) is 0 Å². The van der Waals surface area contributed by atoms with E-state index in [1.165, 1.54) is 12.8 Å². The van der Waals surface area contributed by atoms with Crippen molar-refractivity contribution in [2.75, 3.05) is 40.3 Å². The molecule has 0 aromatic heterocycles. The van der Waals surface area contributed by atoms with Crippen LogP contribution in [-0.2, 0) is 9.59 Å². The Balaban J connectivity index is 2.12. The molecule has 0 radical (unpaired) electrons. The standard InChI is InChI=1S/C23H44N4O2/c1-17(2)19(16-27-14-10-11-15-27)26(7)22(29)20(23(3,4)5)24-21(28)18-12-8-9-13-25(18)6/h17-20H,8-16H2,1-7H3,(H,24,28)/t18-,19-,20-/m1/s1. The molecule has 3 atom stereocenters. The molecule has 6 heteroatoms. The van der Waals surface area contributed by atoms with Crippen LogP contribution in [0, 0.1) is 11.3 Å². The maximum Gasteiger partial charge on any atom is 0.245 e. The largest absolute Gasteiger partial charge is 0.342 e. The van der Waals surface area contributed by atoms with Crippen LogP contribution in [0.15, 0.2) is 0 Å². The van der Waals surface area contributed by atoms with E-state index in [2.05, 4.69) is 29.0 Å². The summed E-state index contributed by atoms with van der Waals surface area (Å²) in [6.45, 7) is 14.6. The van der Waals surface area contributed by atoms with Crippen LogP contribution in [0.4, 0.5) is 0 Å². The molecule has 2 aliphatic rings. The highest BCUT2D eigenvalue weighted by atomic mass is 16.2. The Morgan fingerprint density at radius 3 is 2.17 bits per heavy atom. The molecule has 0 aromatic carbocycles. The fraction of sp³-hybridized carbons (Fsp3) is 0.913. The van der Waals surface area contributed by atoms with Crippen LogP contribution < -0.4 is 5.32 Å². The van der Waals surface area contributed by atoms with Gasteiger partial charge >= 0.3 is 0 Å². The zero-order valence-corrected chi connectivity index (χ0v) is 19.8. The number of likely N-dealkylation sites (tertiary alicyclic amines) is 2. The molecule has 2 rings (SSSR count). The van der Waals surface area contributed by atoms with Crippen LogP contribution in [0.5, 0.6) is 0 Å². The number of carbonyl (C=O) groups is 2. The summed E-state index contributed by atoms with van der Waals surface area (Å²) in [6.07, 6.45) is 5.57. The second-order valence-electron chi connectivity index (χ2n) is 10.6. The van der Waals surface area contributed by atoms with E-state index in [9.17, 15) is 9.59 Å². The van der Waals surface area contributed by atoms with Crippen molar-refractivity contribution in [1.82, 2.24) is 20.0 Å². The fourth-order valence-corrected chi connectivity index (χ4v) is 4.67. The van der Waals surface area contributed by atoms with Crippen molar-refractivity contribution < 1.29 is 9.59 Å². The van der Waals surface area contributed by atoms with Crippen molar-refractivity contribution in [2.45, 2.75) is 84.8 Å². The average molecular weight is 409 g/mol. The lowest BCUT2D eigenvalue weighted by atomic mass is 9.84. The molecule has 0 bridgehead atoms. The number of amides is 2. The predicted molar refractivity (Wildman–Crippen MR) is 119 cm³/mol. The van der Waals surface area contributed by atoms with Gasteiger partial charge in [-0.05, 0) is 63.7 Å². The molecule has 2 saturated heterocycles. The maximum atomic E-state index is 13.6. The topological polar surface area (TPSA) is 55.9 Å². The quantitative estimate of drug-likeness (QED) is 0.703. The molecule has 2 aliphatic heterocycles. The molecule has 1 N–H and O–H groups in total. The van der Waals surface area contributed by atoms with Gasteiger partial charge in [0.15, 0.2) is 0 Å². The Labute approximate surface area is 178 Å². The zero-order valence-electron chi connectivity index (χ0n) is 19.8. The number of likely N-dealkylation sites (N-methyl/N-ethyl adjacent to an activating group) is 2. The molecule has 168 valence electrons. The predicted octanol–water partition coefficient (Wildman–Crippen LogP) is 2.58. The molecule has 0 aliphatic carbocycles. The number of nitrogens with zero attached hydrogens (tertiary/aromatic N) is 3. The third-order valence-corrected chi connectivity index (χ3v) is 6.73. The lowest BCUT2D eigenvalue weighted by Crippen LogP contribution is -2.60. The molecule has 2 amide bonds. The normalized spacial score (nSPS) is 23.8. The summed E-state index contributed by atoms with van der Waals surface area (Å²) in [5, 5.41) is 3.14. The molecular weight excluding hydrogens is 364 g/mol. The van der Waals surface area contributed by atoms with Crippen LogP contribution in [0.2, 0.25) is 0 Å². The van der Waals surface area contributed by atoms with Crippen LogP contribution >= 0.6 is 0 Å². The summed E-state index contributed by atoms with van der Waals surface area (Å²) < 4.78 is 0. The molecule has 0 aromatic rings. The third-order valence-electron chi connectivity index (χ3n) is 6.73. The molecule has 29 heavy (non-hydrogen) atoms. The molecule has 0 spiro atoms. The monoisotopic (exact) mass is 408 g/mol. The molecular formula is C23H44N4O2. The van der Waals surface area contributed by atoms with Gasteiger partial charge in [0.1, 0.15) is 6.04 Å². The summed E-state index contributed by atoms with van der Waals surface area (Å²) in [4.78, 5) is 33.1. The number of hydrogen-bond donors (Lipinski definition) is 1. The lowest BCUT2D eigenvalue weighted by molar-refractivity contribution is -0.142. The fourth-order valence-electron chi connectivity index (χ4n) is 4.67. The molecule has 2 fully saturated rings. The minimum Gasteiger partial charge on any atom is -0.342 e. The Morgan fingerprint density at radius 1 is 1.07 bits per heavy atom. The van der Waals surface area contributed by atoms with Gasteiger partial charge in [-0.1, -0.05) is 41.0 Å². The van der Waals surface area contributed by atoms with E-state index in [0.29, 0.717) is 5.92 Å². The van der Waals surface area contributed by atoms with E-state index in [1.54, 1.807) is 0 Å². The van der Waals surface area contributed by atoms with Gasteiger partial charge in [0.2, 0.25) is 11.8 Å². The highest BCUT2D eigenvalue weighted by molar-refractivity contribution is 5.90. The number of hydrogen-bond acceptors (Lipinski definition) is 4. The molecule has 0 saturated carbocycles. The van der Waals surface area contributed by atoms with E-state index < -0.39 is 6.04 Å². The number of rotatable bonds is 7. The van der Waals surface area contributed by atoms with Gasteiger partial charge in [0.25, 0.3) is 0 Å². The van der Waals surface area contributed by atoms with Gasteiger partial charge in [-0.15, -0.1) is 0 Å². The van der Waals surface area contributed by atoms with Gasteiger partial charge in [-0.25, -0.2) is 0 Å². The maximum absolute atomic E-state index is 13.6. The van der Waals surface area contributed by atoms with Crippen LogP contribution in [0.3, 0.4) is 0 Å². The average Bonchev–Trinajstić information content (AvgIpc) is 3.15. The summed E-state index contributed by atoms with van der Waals surface area (Å²) in [5.74, 6) is 0.391. The smallest absolute Gasteiger partial charge is 0.245 e. The second-order valence-corrected chi connectivity index (χ2v) is 10.6. The minimum absolute atomic E-state index is 0.00508. The van der Waals surface area contributed by atoms with Crippen molar-refractivity contribution in [3.63, 3.8) is 0 Å².